The first-order valence-electron chi connectivity index (χ1n) is 5.16. The SMILES string of the molecule is [c]1ccc(C2CCCCCN2)cc1. The van der Waals surface area contributed by atoms with Crippen LogP contribution in [-0.4, -0.2) is 6.54 Å². The van der Waals surface area contributed by atoms with Crippen LogP contribution in [0.4, 0.5) is 0 Å². The van der Waals surface area contributed by atoms with Crippen molar-refractivity contribution >= 4 is 0 Å². The highest BCUT2D eigenvalue weighted by molar-refractivity contribution is 5.18. The predicted octanol–water partition coefficient (Wildman–Crippen LogP) is 2.69. The molecule has 2 rings (SSSR count). The third-order valence-electron chi connectivity index (χ3n) is 2.71. The topological polar surface area (TPSA) is 12.0 Å². The van der Waals surface area contributed by atoms with Gasteiger partial charge in [-0.15, -0.1) is 0 Å². The van der Waals surface area contributed by atoms with E-state index in [4.69, 9.17) is 0 Å². The minimum Gasteiger partial charge on any atom is -0.310 e. The minimum absolute atomic E-state index is 0.581. The lowest BCUT2D eigenvalue weighted by atomic mass is 10.0. The van der Waals surface area contributed by atoms with Gasteiger partial charge in [-0.05, 0) is 31.0 Å². The first-order valence-corrected chi connectivity index (χ1v) is 5.16. The van der Waals surface area contributed by atoms with E-state index in [1.807, 2.05) is 12.1 Å². The fraction of sp³-hybridized carbons (Fsp3) is 0.500. The maximum atomic E-state index is 3.58. The summed E-state index contributed by atoms with van der Waals surface area (Å²) in [4.78, 5) is 0. The van der Waals surface area contributed by atoms with E-state index < -0.39 is 0 Å². The van der Waals surface area contributed by atoms with E-state index in [9.17, 15) is 0 Å². The van der Waals surface area contributed by atoms with Gasteiger partial charge in [0.25, 0.3) is 0 Å². The van der Waals surface area contributed by atoms with Gasteiger partial charge in [0.15, 0.2) is 0 Å². The molecule has 0 amide bonds. The van der Waals surface area contributed by atoms with Crippen LogP contribution in [0.1, 0.15) is 37.3 Å². The summed E-state index contributed by atoms with van der Waals surface area (Å²) in [7, 11) is 0. The minimum atomic E-state index is 0.581. The molecule has 1 aliphatic rings. The van der Waals surface area contributed by atoms with Crippen molar-refractivity contribution < 1.29 is 0 Å². The third-order valence-corrected chi connectivity index (χ3v) is 2.71. The van der Waals surface area contributed by atoms with Crippen molar-refractivity contribution in [2.75, 3.05) is 6.54 Å². The third kappa shape index (κ3) is 2.31. The highest BCUT2D eigenvalue weighted by Gasteiger charge is 2.12. The van der Waals surface area contributed by atoms with E-state index >= 15 is 0 Å². The van der Waals surface area contributed by atoms with Gasteiger partial charge in [-0.3, -0.25) is 0 Å². The van der Waals surface area contributed by atoms with Gasteiger partial charge >= 0.3 is 0 Å². The lowest BCUT2D eigenvalue weighted by molar-refractivity contribution is 0.535. The molecule has 1 atom stereocenters. The summed E-state index contributed by atoms with van der Waals surface area (Å²) in [6, 6.07) is 12.0. The number of hydrogen-bond acceptors (Lipinski definition) is 1. The molecule has 0 aliphatic carbocycles. The lowest BCUT2D eigenvalue weighted by Crippen LogP contribution is -2.19. The van der Waals surface area contributed by atoms with E-state index in [-0.39, 0.29) is 0 Å². The quantitative estimate of drug-likeness (QED) is 0.690. The van der Waals surface area contributed by atoms with Crippen molar-refractivity contribution in [3.05, 3.63) is 35.9 Å². The Hall–Kier alpha value is -0.820. The smallest absolute Gasteiger partial charge is 0.0320 e. The first kappa shape index (κ1) is 8.76. The van der Waals surface area contributed by atoms with Crippen molar-refractivity contribution in [1.82, 2.24) is 5.32 Å². The Labute approximate surface area is 80.2 Å². The van der Waals surface area contributed by atoms with Gasteiger partial charge in [-0.2, -0.15) is 0 Å². The summed E-state index contributed by atoms with van der Waals surface area (Å²) in [6.45, 7) is 1.17. The summed E-state index contributed by atoms with van der Waals surface area (Å²) in [5, 5.41) is 3.58. The highest BCUT2D eigenvalue weighted by Crippen LogP contribution is 2.21. The van der Waals surface area contributed by atoms with E-state index in [1.165, 1.54) is 37.8 Å². The van der Waals surface area contributed by atoms with Gasteiger partial charge < -0.3 is 5.32 Å². The number of benzene rings is 1. The van der Waals surface area contributed by atoms with Crippen LogP contribution in [-0.2, 0) is 0 Å². The first-order chi connectivity index (χ1) is 6.47. The van der Waals surface area contributed by atoms with Gasteiger partial charge in [0.2, 0.25) is 0 Å². The molecule has 1 nitrogen and oxygen atoms in total. The molecule has 69 valence electrons. The Kier molecular flexibility index (Phi) is 2.98. The summed E-state index contributed by atoms with van der Waals surface area (Å²) >= 11 is 0. The Morgan fingerprint density at radius 2 is 2.00 bits per heavy atom. The van der Waals surface area contributed by atoms with Crippen LogP contribution < -0.4 is 5.32 Å². The zero-order chi connectivity index (χ0) is 8.93. The van der Waals surface area contributed by atoms with Crippen molar-refractivity contribution in [3.8, 4) is 0 Å². The summed E-state index contributed by atoms with van der Waals surface area (Å²) in [6.07, 6.45) is 5.35. The molecule has 1 heterocycles. The van der Waals surface area contributed by atoms with Crippen molar-refractivity contribution in [2.24, 2.45) is 0 Å². The predicted molar refractivity (Wildman–Crippen MR) is 54.5 cm³/mol. The van der Waals surface area contributed by atoms with E-state index in [2.05, 4.69) is 23.5 Å². The molecule has 1 fully saturated rings. The zero-order valence-electron chi connectivity index (χ0n) is 7.92. The normalized spacial score (nSPS) is 23.8. The van der Waals surface area contributed by atoms with Gasteiger partial charge in [0.1, 0.15) is 0 Å². The van der Waals surface area contributed by atoms with Crippen LogP contribution in [0.25, 0.3) is 0 Å². The molecular formula is C12H16N. The second-order valence-electron chi connectivity index (χ2n) is 3.69. The second kappa shape index (κ2) is 4.43. The largest absolute Gasteiger partial charge is 0.310 e. The van der Waals surface area contributed by atoms with Crippen molar-refractivity contribution in [1.29, 1.82) is 0 Å². The maximum Gasteiger partial charge on any atom is 0.0320 e. The molecule has 13 heavy (non-hydrogen) atoms. The molecule has 1 radical (unpaired) electrons. The zero-order valence-corrected chi connectivity index (χ0v) is 7.92. The number of nitrogens with one attached hydrogen (secondary N) is 1. The molecule has 1 aliphatic heterocycles. The Bertz CT molecular complexity index is 235. The second-order valence-corrected chi connectivity index (χ2v) is 3.69. The van der Waals surface area contributed by atoms with E-state index in [0.717, 1.165) is 0 Å². The molecule has 1 heteroatoms. The van der Waals surface area contributed by atoms with Gasteiger partial charge in [0, 0.05) is 6.04 Å². The van der Waals surface area contributed by atoms with Gasteiger partial charge in [0.05, 0.1) is 0 Å². The Morgan fingerprint density at radius 3 is 2.85 bits per heavy atom. The lowest BCUT2D eigenvalue weighted by Gasteiger charge is -2.15. The molecule has 1 aromatic rings. The highest BCUT2D eigenvalue weighted by atomic mass is 14.9. The fourth-order valence-electron chi connectivity index (χ4n) is 1.95. The molecule has 1 unspecified atom stereocenters. The van der Waals surface area contributed by atoms with E-state index in [1.54, 1.807) is 0 Å². The molecule has 0 saturated carbocycles. The average Bonchev–Trinajstić information content (AvgIpc) is 2.47. The molecule has 0 bridgehead atoms. The van der Waals surface area contributed by atoms with Crippen LogP contribution >= 0.6 is 0 Å². The maximum absolute atomic E-state index is 3.58. The number of hydrogen-bond donors (Lipinski definition) is 1. The molecule has 0 spiro atoms. The average molecular weight is 174 g/mol. The van der Waals surface area contributed by atoms with E-state index in [0.29, 0.717) is 6.04 Å². The molecule has 0 aromatic heterocycles. The standard InChI is InChI=1S/C12H16N/c1-3-7-11(8-4-1)12-9-5-2-6-10-13-12/h3-4,7-8,12-13H,2,5-6,9-10H2. The molecule has 1 aromatic carbocycles. The van der Waals surface area contributed by atoms with Crippen LogP contribution in [0.2, 0.25) is 0 Å². The Morgan fingerprint density at radius 1 is 1.15 bits per heavy atom. The summed E-state index contributed by atoms with van der Waals surface area (Å²) in [5.74, 6) is 0. The van der Waals surface area contributed by atoms with Crippen molar-refractivity contribution in [3.63, 3.8) is 0 Å². The van der Waals surface area contributed by atoms with Crippen molar-refractivity contribution in [2.45, 2.75) is 31.7 Å². The van der Waals surface area contributed by atoms with Crippen LogP contribution in [0, 0.1) is 6.07 Å². The van der Waals surface area contributed by atoms with Crippen LogP contribution in [0.5, 0.6) is 0 Å². The summed E-state index contributed by atoms with van der Waals surface area (Å²) < 4.78 is 0. The van der Waals surface area contributed by atoms with Crippen LogP contribution in [0.15, 0.2) is 24.3 Å². The monoisotopic (exact) mass is 174 g/mol. The molecule has 1 saturated heterocycles. The van der Waals surface area contributed by atoms with Gasteiger partial charge in [-0.25, -0.2) is 0 Å². The van der Waals surface area contributed by atoms with Gasteiger partial charge in [-0.1, -0.05) is 37.1 Å². The fourth-order valence-corrected chi connectivity index (χ4v) is 1.95. The number of rotatable bonds is 1. The molecular weight excluding hydrogens is 158 g/mol. The Balaban J connectivity index is 2.06. The summed E-state index contributed by atoms with van der Waals surface area (Å²) in [5.41, 5.74) is 1.42. The van der Waals surface area contributed by atoms with Crippen LogP contribution in [0.3, 0.4) is 0 Å². The molecule has 1 N–H and O–H groups in total.